The summed E-state index contributed by atoms with van der Waals surface area (Å²) in [5.41, 5.74) is 1.01. The van der Waals surface area contributed by atoms with Crippen molar-refractivity contribution in [1.29, 1.82) is 0 Å². The Morgan fingerprint density at radius 3 is 2.04 bits per heavy atom. The van der Waals surface area contributed by atoms with Crippen LogP contribution in [0.15, 0.2) is 51.2 Å². The van der Waals surface area contributed by atoms with Crippen LogP contribution in [-0.2, 0) is 39.0 Å². The van der Waals surface area contributed by atoms with Crippen molar-refractivity contribution in [2.24, 2.45) is 4.99 Å². The highest BCUT2D eigenvalue weighted by molar-refractivity contribution is 7.95. The number of hydrogen-bond donors (Lipinski definition) is 7. The summed E-state index contributed by atoms with van der Waals surface area (Å²) >= 11 is 1.31. The van der Waals surface area contributed by atoms with Crippen LogP contribution in [0.3, 0.4) is 0 Å². The van der Waals surface area contributed by atoms with Crippen molar-refractivity contribution in [3.05, 3.63) is 47.5 Å². The van der Waals surface area contributed by atoms with Crippen LogP contribution in [0.5, 0.6) is 12.0 Å². The molecule has 2 aromatic heterocycles. The molecule has 0 unspecified atom stereocenters. The van der Waals surface area contributed by atoms with Gasteiger partial charge < -0.3 is 25.4 Å². The number of hydrogen-bond acceptors (Lipinski definition) is 24. The number of aromatic nitrogens is 6. The molecular formula is C26H28N10O14S4. The van der Waals surface area contributed by atoms with Gasteiger partial charge in [0.2, 0.25) is 17.8 Å². The van der Waals surface area contributed by atoms with E-state index in [1.165, 1.54) is 50.8 Å². The van der Waals surface area contributed by atoms with E-state index in [0.29, 0.717) is 28.2 Å². The second-order valence-electron chi connectivity index (χ2n) is 9.66. The number of methoxy groups -OCH3 is 2. The van der Waals surface area contributed by atoms with Crippen molar-refractivity contribution in [2.75, 3.05) is 48.2 Å². The average molecular weight is 833 g/mol. The van der Waals surface area contributed by atoms with Gasteiger partial charge >= 0.3 is 12.0 Å². The molecule has 0 aliphatic carbocycles. The molecule has 54 heavy (non-hydrogen) atoms. The van der Waals surface area contributed by atoms with E-state index in [-0.39, 0.29) is 59.4 Å². The van der Waals surface area contributed by atoms with Gasteiger partial charge in [-0.1, -0.05) is 34.4 Å². The van der Waals surface area contributed by atoms with Crippen molar-refractivity contribution in [1.82, 2.24) is 29.9 Å². The molecule has 0 aliphatic heterocycles. The third-order valence-corrected chi connectivity index (χ3v) is 8.80. The van der Waals surface area contributed by atoms with E-state index in [4.69, 9.17) is 24.5 Å². The van der Waals surface area contributed by atoms with Crippen molar-refractivity contribution in [2.45, 2.75) is 9.79 Å². The maximum absolute atomic E-state index is 12.4. The zero-order chi connectivity index (χ0) is 39.1. The highest BCUT2D eigenvalue weighted by Crippen LogP contribution is 2.31. The lowest BCUT2D eigenvalue weighted by molar-refractivity contribution is -0.432. The minimum absolute atomic E-state index is 0.0280. The third kappa shape index (κ3) is 13.5. The minimum atomic E-state index is -4.79. The number of anilines is 5. The van der Waals surface area contributed by atoms with E-state index < -0.39 is 30.9 Å². The molecule has 4 aromatic rings. The topological polar surface area (TPSA) is 330 Å². The first kappa shape index (κ1) is 41.9. The van der Waals surface area contributed by atoms with E-state index >= 15 is 0 Å². The molecule has 2 heterocycles. The molecule has 0 saturated carbocycles. The fourth-order valence-corrected chi connectivity index (χ4v) is 5.72. The predicted octanol–water partition coefficient (Wildman–Crippen LogP) is 3.48. The fraction of sp³-hybridized carbons (Fsp3) is 0.192. The fourth-order valence-electron chi connectivity index (χ4n) is 3.91. The van der Waals surface area contributed by atoms with Crippen LogP contribution >= 0.6 is 24.1 Å². The Morgan fingerprint density at radius 2 is 1.39 bits per heavy atom. The van der Waals surface area contributed by atoms with Gasteiger partial charge in [-0.05, 0) is 35.4 Å². The molecule has 0 radical (unpaired) electrons. The summed E-state index contributed by atoms with van der Waals surface area (Å²) in [4.78, 5) is 28.2. The smallest absolute Gasteiger partial charge is 0.322 e. The largest absolute Gasteiger partial charge is 0.467 e. The second-order valence-corrected chi connectivity index (χ2v) is 14.1. The van der Waals surface area contributed by atoms with Crippen molar-refractivity contribution in [3.63, 3.8) is 0 Å². The SMILES string of the molecule is COc1nc(/N=C\CSOOO)nc(Nc2ccc(C=Cc3ccc(Nc4nc(NCCS(=O)(=O)O)nc(OC)n4)cc3SOOO)c(S(=O)(=O)O)c2)n1. The Balaban J connectivity index is 1.58. The number of nitrogens with zero attached hydrogens (tertiary/aromatic N) is 7. The number of aliphatic imine (C=N–C) groups is 1. The lowest BCUT2D eigenvalue weighted by Crippen LogP contribution is -2.16. The summed E-state index contributed by atoms with van der Waals surface area (Å²) in [6, 6.07) is 8.46. The first-order valence-electron chi connectivity index (χ1n) is 14.3. The van der Waals surface area contributed by atoms with Crippen LogP contribution in [0, 0.1) is 0 Å². The molecule has 7 N–H and O–H groups in total. The van der Waals surface area contributed by atoms with Crippen molar-refractivity contribution < 1.29 is 64.7 Å². The van der Waals surface area contributed by atoms with Crippen molar-refractivity contribution >= 4 is 97.9 Å². The number of nitrogens with one attached hydrogen (secondary N) is 3. The summed E-state index contributed by atoms with van der Waals surface area (Å²) in [7, 11) is -6.41. The minimum Gasteiger partial charge on any atom is -0.467 e. The van der Waals surface area contributed by atoms with Crippen LogP contribution in [0.1, 0.15) is 11.1 Å². The van der Waals surface area contributed by atoms with Crippen LogP contribution in [0.4, 0.5) is 35.2 Å². The van der Waals surface area contributed by atoms with E-state index in [1.54, 1.807) is 12.1 Å². The van der Waals surface area contributed by atoms with Gasteiger partial charge in [0.15, 0.2) is 0 Å². The molecule has 0 saturated heterocycles. The van der Waals surface area contributed by atoms with E-state index in [2.05, 4.69) is 69.6 Å². The predicted molar refractivity (Wildman–Crippen MR) is 192 cm³/mol. The summed E-state index contributed by atoms with van der Waals surface area (Å²) in [6.07, 6.45) is 4.23. The van der Waals surface area contributed by atoms with Crippen LogP contribution in [0.25, 0.3) is 12.2 Å². The van der Waals surface area contributed by atoms with Gasteiger partial charge in [-0.25, -0.2) is 15.5 Å². The van der Waals surface area contributed by atoms with Gasteiger partial charge in [0.1, 0.15) is 4.90 Å². The standard InChI is InChI=1S/C26H28N10O14S4/c1-45-25-33-21(27-9-11-51-49-47-37)31-24(36-25)30-18-8-6-16(20(14-18)54(42,43)44)4-3-15-5-7-17(13-19(15)52-50-48-38)29-23-32-22(34-26(35-23)46-2)28-10-12-53(39,40)41/h3-9,13-14,37-38H,10-12H2,1-2H3,(H,39,40,41)(H,42,43,44)(H,30,31,33,36)(H2,28,29,32,34,35)/b4-3?,27-9-. The first-order valence-corrected chi connectivity index (χ1v) is 19.0. The zero-order valence-electron chi connectivity index (χ0n) is 27.5. The Bertz CT molecular complexity index is 2180. The first-order chi connectivity index (χ1) is 25.8. The highest BCUT2D eigenvalue weighted by atomic mass is 32.2. The Labute approximate surface area is 314 Å². The van der Waals surface area contributed by atoms with Crippen LogP contribution in [-0.4, -0.2) is 105 Å². The van der Waals surface area contributed by atoms with Gasteiger partial charge in [0, 0.05) is 41.1 Å². The number of benzene rings is 2. The molecule has 4 rings (SSSR count). The lowest BCUT2D eigenvalue weighted by Gasteiger charge is -2.11. The lowest BCUT2D eigenvalue weighted by atomic mass is 10.1. The Kier molecular flexibility index (Phi) is 15.5. The molecule has 0 spiro atoms. The molecule has 2 aromatic carbocycles. The zero-order valence-corrected chi connectivity index (χ0v) is 30.7. The number of rotatable bonds is 21. The molecule has 0 bridgehead atoms. The quantitative estimate of drug-likeness (QED) is 0.0120. The summed E-state index contributed by atoms with van der Waals surface area (Å²) in [5, 5.41) is 32.6. The van der Waals surface area contributed by atoms with Crippen molar-refractivity contribution in [3.8, 4) is 12.0 Å². The van der Waals surface area contributed by atoms with Gasteiger partial charge in [-0.15, -0.1) is 8.67 Å². The third-order valence-electron chi connectivity index (χ3n) is 6.07. The monoisotopic (exact) mass is 832 g/mol. The van der Waals surface area contributed by atoms with E-state index in [0.717, 1.165) is 18.1 Å². The molecular weight excluding hydrogens is 805 g/mol. The maximum Gasteiger partial charge on any atom is 0.322 e. The molecule has 0 amide bonds. The Hall–Kier alpha value is -4.85. The Morgan fingerprint density at radius 1 is 0.778 bits per heavy atom. The molecule has 290 valence electrons. The van der Waals surface area contributed by atoms with Crippen LogP contribution < -0.4 is 25.4 Å². The number of ether oxygens (including phenoxy) is 2. The molecule has 0 aliphatic rings. The second kappa shape index (κ2) is 20.0. The van der Waals surface area contributed by atoms with Gasteiger partial charge in [-0.2, -0.15) is 46.7 Å². The van der Waals surface area contributed by atoms with Crippen LogP contribution in [0.2, 0.25) is 0 Å². The van der Waals surface area contributed by atoms with E-state index in [1.807, 2.05) is 0 Å². The molecule has 0 fully saturated rings. The summed E-state index contributed by atoms with van der Waals surface area (Å²) < 4.78 is 85.1. The highest BCUT2D eigenvalue weighted by Gasteiger charge is 2.17. The van der Waals surface area contributed by atoms with Gasteiger partial charge in [-0.3, -0.25) is 9.11 Å². The normalized spacial score (nSPS) is 12.0. The summed E-state index contributed by atoms with van der Waals surface area (Å²) in [5.74, 6) is -0.710. The molecule has 0 atom stereocenters. The van der Waals surface area contributed by atoms with Gasteiger partial charge in [0.05, 0.1) is 37.8 Å². The molecule has 24 nitrogen and oxygen atoms in total. The van der Waals surface area contributed by atoms with E-state index in [9.17, 15) is 21.4 Å². The summed E-state index contributed by atoms with van der Waals surface area (Å²) in [6.45, 7) is -0.212. The van der Waals surface area contributed by atoms with Gasteiger partial charge in [0.25, 0.3) is 26.2 Å². The molecule has 28 heteroatoms. The average Bonchev–Trinajstić information content (AvgIpc) is 3.12. The maximum atomic E-state index is 12.4.